The van der Waals surface area contributed by atoms with Crippen molar-refractivity contribution in [2.45, 2.75) is 12.8 Å². The van der Waals surface area contributed by atoms with Crippen molar-refractivity contribution in [1.29, 1.82) is 0 Å². The molecule has 8 nitrogen and oxygen atoms in total. The average molecular weight is 345 g/mol. The summed E-state index contributed by atoms with van der Waals surface area (Å²) in [5.74, 6) is -1.34. The van der Waals surface area contributed by atoms with Crippen LogP contribution in [0.3, 0.4) is 0 Å². The molecule has 0 aromatic heterocycles. The molecule has 0 heterocycles. The maximum atomic E-state index is 11.9. The number of carbonyl (C=O) groups excluding carboxylic acids is 1. The van der Waals surface area contributed by atoms with Crippen molar-refractivity contribution in [3.05, 3.63) is 17.7 Å². The van der Waals surface area contributed by atoms with Gasteiger partial charge in [0.2, 0.25) is 5.91 Å². The van der Waals surface area contributed by atoms with Gasteiger partial charge in [-0.25, -0.2) is 13.2 Å². The highest BCUT2D eigenvalue weighted by atomic mass is 32.2. The third kappa shape index (κ3) is 5.78. The maximum absolute atomic E-state index is 11.9. The first kappa shape index (κ1) is 18.8. The van der Waals surface area contributed by atoms with E-state index in [0.29, 0.717) is 0 Å². The summed E-state index contributed by atoms with van der Waals surface area (Å²) in [5, 5.41) is 11.7. The largest absolute Gasteiger partial charge is 0.493 e. The van der Waals surface area contributed by atoms with Crippen LogP contribution < -0.4 is 14.8 Å². The number of rotatable bonds is 8. The van der Waals surface area contributed by atoms with Gasteiger partial charge in [-0.1, -0.05) is 0 Å². The molecule has 9 heteroatoms. The van der Waals surface area contributed by atoms with E-state index in [-0.39, 0.29) is 41.3 Å². The van der Waals surface area contributed by atoms with Gasteiger partial charge in [0.15, 0.2) is 11.5 Å². The zero-order chi connectivity index (χ0) is 17.6. The van der Waals surface area contributed by atoms with Gasteiger partial charge in [0, 0.05) is 24.8 Å². The van der Waals surface area contributed by atoms with Gasteiger partial charge >= 0.3 is 5.97 Å². The molecular formula is C14H19NO7S. The molecule has 1 aromatic carbocycles. The highest BCUT2D eigenvalue weighted by molar-refractivity contribution is 7.90. The van der Waals surface area contributed by atoms with Crippen molar-refractivity contribution in [3.8, 4) is 11.5 Å². The molecule has 0 atom stereocenters. The summed E-state index contributed by atoms with van der Waals surface area (Å²) in [5.41, 5.74) is -0.0985. The van der Waals surface area contributed by atoms with Gasteiger partial charge in [-0.3, -0.25) is 4.79 Å². The molecule has 0 fully saturated rings. The summed E-state index contributed by atoms with van der Waals surface area (Å²) in [6.45, 7) is 0. The minimum Gasteiger partial charge on any atom is -0.493 e. The Morgan fingerprint density at radius 1 is 1.17 bits per heavy atom. The van der Waals surface area contributed by atoms with E-state index in [1.165, 1.54) is 26.4 Å². The minimum atomic E-state index is -3.14. The van der Waals surface area contributed by atoms with Crippen LogP contribution in [0.2, 0.25) is 0 Å². The molecule has 0 unspecified atom stereocenters. The van der Waals surface area contributed by atoms with Crippen LogP contribution in [-0.2, 0) is 14.6 Å². The summed E-state index contributed by atoms with van der Waals surface area (Å²) in [6.07, 6.45) is 1.20. The number of methoxy groups -OCH3 is 2. The Morgan fingerprint density at radius 2 is 1.74 bits per heavy atom. The smallest absolute Gasteiger partial charge is 0.337 e. The van der Waals surface area contributed by atoms with E-state index < -0.39 is 21.7 Å². The number of sulfone groups is 1. The van der Waals surface area contributed by atoms with Crippen LogP contribution in [0.15, 0.2) is 12.1 Å². The minimum absolute atomic E-state index is 0.0412. The number of nitrogens with one attached hydrogen (secondary N) is 1. The van der Waals surface area contributed by atoms with E-state index >= 15 is 0 Å². The molecule has 0 aliphatic carbocycles. The summed E-state index contributed by atoms with van der Waals surface area (Å²) in [4.78, 5) is 23.1. The lowest BCUT2D eigenvalue weighted by Gasteiger charge is -2.13. The first-order chi connectivity index (χ1) is 10.7. The lowest BCUT2D eigenvalue weighted by Crippen LogP contribution is -2.16. The molecule has 0 aliphatic heterocycles. The third-order valence-corrected chi connectivity index (χ3v) is 3.98. The van der Waals surface area contributed by atoms with E-state index in [2.05, 4.69) is 5.32 Å². The molecule has 1 rings (SSSR count). The SMILES string of the molecule is COc1cc(NC(=O)CCCS(C)(=O)=O)c(C(=O)O)cc1OC. The normalized spacial score (nSPS) is 10.9. The monoisotopic (exact) mass is 345 g/mol. The summed E-state index contributed by atoms with van der Waals surface area (Å²) in [6, 6.07) is 2.59. The standard InChI is InChI=1S/C14H19NO7S/c1-21-11-7-9(14(17)18)10(8-12(11)22-2)15-13(16)5-4-6-23(3,19)20/h7-8H,4-6H2,1-3H3,(H,15,16)(H,17,18). The van der Waals surface area contributed by atoms with Crippen molar-refractivity contribution in [3.63, 3.8) is 0 Å². The Labute approximate surface area is 134 Å². The summed E-state index contributed by atoms with van der Waals surface area (Å²) in [7, 11) is -0.392. The Bertz CT molecular complexity index is 697. The molecule has 0 radical (unpaired) electrons. The third-order valence-electron chi connectivity index (χ3n) is 2.95. The second-order valence-electron chi connectivity index (χ2n) is 4.84. The van der Waals surface area contributed by atoms with Crippen molar-refractivity contribution >= 4 is 27.4 Å². The Hall–Kier alpha value is -2.29. The number of carboxylic acid groups (broad SMARTS) is 1. The van der Waals surface area contributed by atoms with Crippen LogP contribution >= 0.6 is 0 Å². The van der Waals surface area contributed by atoms with Gasteiger partial charge in [0.25, 0.3) is 0 Å². The Balaban J connectivity index is 2.93. The predicted octanol–water partition coefficient (Wildman–Crippen LogP) is 1.17. The van der Waals surface area contributed by atoms with E-state index in [1.807, 2.05) is 0 Å². The van der Waals surface area contributed by atoms with Gasteiger partial charge in [0.05, 0.1) is 31.2 Å². The second-order valence-corrected chi connectivity index (χ2v) is 7.10. The first-order valence-corrected chi connectivity index (χ1v) is 8.71. The second kappa shape index (κ2) is 7.82. The maximum Gasteiger partial charge on any atom is 0.337 e. The fourth-order valence-corrected chi connectivity index (χ4v) is 2.54. The number of benzene rings is 1. The van der Waals surface area contributed by atoms with Gasteiger partial charge in [0.1, 0.15) is 9.84 Å². The van der Waals surface area contributed by atoms with E-state index in [0.717, 1.165) is 6.26 Å². The molecule has 128 valence electrons. The molecular weight excluding hydrogens is 326 g/mol. The Morgan fingerprint density at radius 3 is 2.22 bits per heavy atom. The molecule has 0 aliphatic rings. The number of hydrogen-bond donors (Lipinski definition) is 2. The van der Waals surface area contributed by atoms with Crippen molar-refractivity contribution in [2.24, 2.45) is 0 Å². The highest BCUT2D eigenvalue weighted by Crippen LogP contribution is 2.33. The van der Waals surface area contributed by atoms with E-state index in [4.69, 9.17) is 9.47 Å². The number of anilines is 1. The summed E-state index contributed by atoms with van der Waals surface area (Å²) >= 11 is 0. The van der Waals surface area contributed by atoms with Crippen LogP contribution in [0.4, 0.5) is 5.69 Å². The number of carboxylic acids is 1. The molecule has 1 amide bonds. The van der Waals surface area contributed by atoms with Crippen LogP contribution in [0.1, 0.15) is 23.2 Å². The van der Waals surface area contributed by atoms with Crippen LogP contribution in [0.25, 0.3) is 0 Å². The molecule has 0 saturated carbocycles. The number of aromatic carboxylic acids is 1. The van der Waals surface area contributed by atoms with Crippen LogP contribution in [0.5, 0.6) is 11.5 Å². The van der Waals surface area contributed by atoms with Crippen LogP contribution in [0, 0.1) is 0 Å². The van der Waals surface area contributed by atoms with Gasteiger partial charge < -0.3 is 19.9 Å². The van der Waals surface area contributed by atoms with Crippen LogP contribution in [-0.4, -0.2) is 51.6 Å². The molecule has 2 N–H and O–H groups in total. The fourth-order valence-electron chi connectivity index (χ4n) is 1.87. The lowest BCUT2D eigenvalue weighted by atomic mass is 10.1. The molecule has 0 spiro atoms. The summed E-state index contributed by atoms with van der Waals surface area (Å²) < 4.78 is 32.1. The topological polar surface area (TPSA) is 119 Å². The van der Waals surface area contributed by atoms with Gasteiger partial charge in [-0.15, -0.1) is 0 Å². The number of amides is 1. The quantitative estimate of drug-likeness (QED) is 0.725. The number of ether oxygens (including phenoxy) is 2. The Kier molecular flexibility index (Phi) is 6.38. The number of hydrogen-bond acceptors (Lipinski definition) is 6. The average Bonchev–Trinajstić information content (AvgIpc) is 2.44. The highest BCUT2D eigenvalue weighted by Gasteiger charge is 2.18. The molecule has 0 bridgehead atoms. The lowest BCUT2D eigenvalue weighted by molar-refractivity contribution is -0.116. The zero-order valence-electron chi connectivity index (χ0n) is 13.1. The number of carbonyl (C=O) groups is 2. The van der Waals surface area contributed by atoms with Crippen molar-refractivity contribution < 1.29 is 32.6 Å². The van der Waals surface area contributed by atoms with Gasteiger partial charge in [-0.2, -0.15) is 0 Å². The van der Waals surface area contributed by atoms with Crippen molar-refractivity contribution in [2.75, 3.05) is 31.5 Å². The zero-order valence-corrected chi connectivity index (χ0v) is 13.9. The molecule has 1 aromatic rings. The van der Waals surface area contributed by atoms with Gasteiger partial charge in [-0.05, 0) is 6.42 Å². The first-order valence-electron chi connectivity index (χ1n) is 6.65. The fraction of sp³-hybridized carbons (Fsp3) is 0.429. The van der Waals surface area contributed by atoms with E-state index in [9.17, 15) is 23.1 Å². The molecule has 0 saturated heterocycles. The molecule has 23 heavy (non-hydrogen) atoms. The van der Waals surface area contributed by atoms with E-state index in [1.54, 1.807) is 0 Å². The van der Waals surface area contributed by atoms with Crippen molar-refractivity contribution in [1.82, 2.24) is 0 Å². The predicted molar refractivity (Wildman–Crippen MR) is 84.1 cm³/mol.